The van der Waals surface area contributed by atoms with Gasteiger partial charge in [0, 0.05) is 17.1 Å². The first kappa shape index (κ1) is 24.6. The zero-order chi connectivity index (χ0) is 22.8. The van der Waals surface area contributed by atoms with E-state index in [1.54, 1.807) is 12.1 Å². The predicted molar refractivity (Wildman–Crippen MR) is 125 cm³/mol. The van der Waals surface area contributed by atoms with Crippen LogP contribution in [-0.4, -0.2) is 29.3 Å². The first-order valence-electron chi connectivity index (χ1n) is 10.6. The Balaban J connectivity index is 0.000000223. The fourth-order valence-corrected chi connectivity index (χ4v) is 3.26. The Morgan fingerprint density at radius 2 is 1.87 bits per heavy atom. The molecule has 1 unspecified atom stereocenters. The van der Waals surface area contributed by atoms with Crippen molar-refractivity contribution in [2.24, 2.45) is 11.7 Å². The Kier molecular flexibility index (Phi) is 9.69. The number of benzene rings is 2. The van der Waals surface area contributed by atoms with E-state index in [0.717, 1.165) is 34.7 Å². The highest BCUT2D eigenvalue weighted by molar-refractivity contribution is 5.86. The van der Waals surface area contributed by atoms with Crippen molar-refractivity contribution in [2.45, 2.75) is 39.2 Å². The molecule has 1 atom stereocenters. The molecule has 0 bridgehead atoms. The van der Waals surface area contributed by atoms with Crippen LogP contribution in [0.1, 0.15) is 31.7 Å². The molecule has 6 heteroatoms. The van der Waals surface area contributed by atoms with Crippen LogP contribution in [0, 0.1) is 24.5 Å². The molecule has 0 amide bonds. The lowest BCUT2D eigenvalue weighted by molar-refractivity contribution is 0.229. The fraction of sp³-hybridized carbons (Fsp3) is 0.360. The molecule has 1 fully saturated rings. The van der Waals surface area contributed by atoms with Crippen LogP contribution in [0.3, 0.4) is 0 Å². The monoisotopic (exact) mass is 429 g/mol. The maximum Gasteiger partial charge on any atom is 0.147 e. The maximum absolute atomic E-state index is 13.7. The van der Waals surface area contributed by atoms with Gasteiger partial charge < -0.3 is 21.1 Å². The van der Waals surface area contributed by atoms with E-state index < -0.39 is 0 Å². The molecular formula is C25H33F2N3O. The van der Waals surface area contributed by atoms with Crippen molar-refractivity contribution >= 4 is 10.9 Å². The van der Waals surface area contributed by atoms with Crippen molar-refractivity contribution < 1.29 is 13.9 Å². The topological polar surface area (TPSA) is 74.1 Å². The number of rotatable bonds is 5. The molecule has 1 saturated carbocycles. The van der Waals surface area contributed by atoms with Crippen molar-refractivity contribution in [2.75, 3.05) is 13.2 Å². The molecule has 0 aliphatic heterocycles. The Morgan fingerprint density at radius 1 is 1.23 bits per heavy atom. The van der Waals surface area contributed by atoms with Gasteiger partial charge in [-0.05, 0) is 98.9 Å². The molecule has 4 rings (SSSR count). The summed E-state index contributed by atoms with van der Waals surface area (Å²) in [6, 6.07) is 11.7. The van der Waals surface area contributed by atoms with Gasteiger partial charge in [-0.2, -0.15) is 0 Å². The van der Waals surface area contributed by atoms with E-state index in [9.17, 15) is 8.78 Å². The maximum atomic E-state index is 13.7. The summed E-state index contributed by atoms with van der Waals surface area (Å²) < 4.78 is 26.6. The molecule has 0 spiro atoms. The molecule has 1 heterocycles. The second-order valence-electron chi connectivity index (χ2n) is 7.93. The molecule has 1 aliphatic carbocycles. The molecule has 31 heavy (non-hydrogen) atoms. The number of aliphatic hydroxyl groups is 1. The zero-order valence-electron chi connectivity index (χ0n) is 18.3. The molecule has 5 N–H and O–H groups in total. The number of halogens is 2. The number of nitrogens with two attached hydrogens (primary N) is 1. The predicted octanol–water partition coefficient (Wildman–Crippen LogP) is 5.27. The van der Waals surface area contributed by atoms with Crippen molar-refractivity contribution in [1.29, 1.82) is 0 Å². The first-order valence-corrected chi connectivity index (χ1v) is 10.6. The standard InChI is InChI=1S/C15H11F2N.C8H17NO.C2H5N/c1-9-6-11-8-14(18-15(11)13(17)7-9)10-2-4-12(16)5-3-10;1-7(6-10)9-5-8-3-2-4-8;1-2-3/h2-8,18H,1H3;7-10H,2-6H2,1H3;2H,1,3H2. The number of fused-ring (bicyclic) bond motifs is 1. The summed E-state index contributed by atoms with van der Waals surface area (Å²) in [5.74, 6) is 0.351. The molecule has 1 aliphatic rings. The van der Waals surface area contributed by atoms with Crippen LogP contribution < -0.4 is 11.1 Å². The van der Waals surface area contributed by atoms with Crippen LogP contribution in [0.4, 0.5) is 8.78 Å². The van der Waals surface area contributed by atoms with E-state index in [1.807, 2.05) is 26.0 Å². The quantitative estimate of drug-likeness (QED) is 0.447. The van der Waals surface area contributed by atoms with Gasteiger partial charge in [-0.25, -0.2) is 8.78 Å². The SMILES string of the molecule is C=CN.CC(CO)NCC1CCC1.Cc1cc(F)c2[nH]c(-c3ccc(F)cc3)cc2c1. The van der Waals surface area contributed by atoms with Crippen LogP contribution in [0.25, 0.3) is 22.2 Å². The van der Waals surface area contributed by atoms with Crippen LogP contribution >= 0.6 is 0 Å². The molecular weight excluding hydrogens is 396 g/mol. The summed E-state index contributed by atoms with van der Waals surface area (Å²) in [7, 11) is 0. The number of aliphatic hydroxyl groups excluding tert-OH is 1. The lowest BCUT2D eigenvalue weighted by Crippen LogP contribution is -2.35. The minimum absolute atomic E-state index is 0.257. The Labute approximate surface area is 183 Å². The third kappa shape index (κ3) is 7.49. The van der Waals surface area contributed by atoms with Gasteiger partial charge in [-0.1, -0.05) is 13.0 Å². The summed E-state index contributed by atoms with van der Waals surface area (Å²) in [5.41, 5.74) is 7.60. The van der Waals surface area contributed by atoms with E-state index in [-0.39, 0.29) is 24.3 Å². The molecule has 3 aromatic rings. The lowest BCUT2D eigenvalue weighted by Gasteiger charge is -2.26. The van der Waals surface area contributed by atoms with E-state index in [0.29, 0.717) is 5.52 Å². The van der Waals surface area contributed by atoms with Crippen LogP contribution in [0.15, 0.2) is 55.2 Å². The average molecular weight is 430 g/mol. The number of aromatic amines is 1. The molecule has 2 aromatic carbocycles. The van der Waals surface area contributed by atoms with Crippen molar-refractivity contribution in [1.82, 2.24) is 10.3 Å². The molecule has 168 valence electrons. The minimum atomic E-state index is -0.281. The largest absolute Gasteiger partial charge is 0.405 e. The Hall–Kier alpha value is -2.70. The summed E-state index contributed by atoms with van der Waals surface area (Å²) in [5, 5.41) is 12.8. The van der Waals surface area contributed by atoms with Gasteiger partial charge in [0.1, 0.15) is 11.6 Å². The number of nitrogens with one attached hydrogen (secondary N) is 2. The first-order chi connectivity index (χ1) is 14.9. The van der Waals surface area contributed by atoms with E-state index in [2.05, 4.69) is 22.6 Å². The van der Waals surface area contributed by atoms with Crippen LogP contribution in [0.5, 0.6) is 0 Å². The van der Waals surface area contributed by atoms with E-state index in [1.165, 1.54) is 43.7 Å². The second kappa shape index (κ2) is 12.2. The van der Waals surface area contributed by atoms with Crippen LogP contribution in [0.2, 0.25) is 0 Å². The Morgan fingerprint density at radius 3 is 2.42 bits per heavy atom. The second-order valence-corrected chi connectivity index (χ2v) is 7.93. The van der Waals surface area contributed by atoms with E-state index in [4.69, 9.17) is 5.11 Å². The van der Waals surface area contributed by atoms with Crippen molar-refractivity contribution in [3.8, 4) is 11.3 Å². The van der Waals surface area contributed by atoms with Gasteiger partial charge in [-0.15, -0.1) is 0 Å². The molecule has 4 nitrogen and oxygen atoms in total. The summed E-state index contributed by atoms with van der Waals surface area (Å²) in [6.45, 7) is 8.36. The smallest absolute Gasteiger partial charge is 0.147 e. The summed E-state index contributed by atoms with van der Waals surface area (Å²) >= 11 is 0. The summed E-state index contributed by atoms with van der Waals surface area (Å²) in [6.07, 6.45) is 5.41. The normalized spacial score (nSPS) is 14.0. The molecule has 1 aromatic heterocycles. The highest BCUT2D eigenvalue weighted by Crippen LogP contribution is 2.27. The lowest BCUT2D eigenvalue weighted by atomic mass is 9.85. The van der Waals surface area contributed by atoms with E-state index >= 15 is 0 Å². The summed E-state index contributed by atoms with van der Waals surface area (Å²) in [4.78, 5) is 3.03. The number of hydrogen-bond donors (Lipinski definition) is 4. The highest BCUT2D eigenvalue weighted by atomic mass is 19.1. The van der Waals surface area contributed by atoms with Gasteiger partial charge >= 0.3 is 0 Å². The Bertz CT molecular complexity index is 945. The average Bonchev–Trinajstić information content (AvgIpc) is 3.12. The van der Waals surface area contributed by atoms with Gasteiger partial charge in [-0.3, -0.25) is 0 Å². The molecule has 0 radical (unpaired) electrons. The highest BCUT2D eigenvalue weighted by Gasteiger charge is 2.17. The van der Waals surface area contributed by atoms with Gasteiger partial charge in [0.05, 0.1) is 12.1 Å². The zero-order valence-corrected chi connectivity index (χ0v) is 18.3. The van der Waals surface area contributed by atoms with Crippen molar-refractivity contribution in [3.63, 3.8) is 0 Å². The van der Waals surface area contributed by atoms with Gasteiger partial charge in [0.25, 0.3) is 0 Å². The third-order valence-electron chi connectivity index (χ3n) is 5.23. The number of hydrogen-bond acceptors (Lipinski definition) is 3. The number of H-pyrrole nitrogens is 1. The molecule has 0 saturated heterocycles. The fourth-order valence-electron chi connectivity index (χ4n) is 3.26. The van der Waals surface area contributed by atoms with Gasteiger partial charge in [0.15, 0.2) is 0 Å². The van der Waals surface area contributed by atoms with Gasteiger partial charge in [0.2, 0.25) is 0 Å². The van der Waals surface area contributed by atoms with Crippen LogP contribution in [-0.2, 0) is 0 Å². The third-order valence-corrected chi connectivity index (χ3v) is 5.23. The number of aromatic nitrogens is 1. The minimum Gasteiger partial charge on any atom is -0.405 e. The van der Waals surface area contributed by atoms with Crippen molar-refractivity contribution in [3.05, 3.63) is 72.4 Å². The number of aryl methyl sites for hydroxylation is 1.